The Morgan fingerprint density at radius 2 is 2.03 bits per heavy atom. The summed E-state index contributed by atoms with van der Waals surface area (Å²) in [5, 5.41) is 4.97. The molecule has 0 atom stereocenters. The van der Waals surface area contributed by atoms with Crippen LogP contribution >= 0.6 is 23.1 Å². The second-order valence-corrected chi connectivity index (χ2v) is 7.76. The molecule has 0 bridgehead atoms. The van der Waals surface area contributed by atoms with Crippen LogP contribution in [0.2, 0.25) is 0 Å². The molecule has 1 N–H and O–H groups in total. The van der Waals surface area contributed by atoms with Crippen LogP contribution in [0.25, 0.3) is 22.8 Å². The number of hydrogen-bond acceptors (Lipinski definition) is 7. The molecule has 0 saturated carbocycles. The van der Waals surface area contributed by atoms with Gasteiger partial charge in [-0.25, -0.2) is 23.7 Å². The highest BCUT2D eigenvalue weighted by Crippen LogP contribution is 2.29. The molecular weight excluding hydrogens is 430 g/mol. The van der Waals surface area contributed by atoms with Gasteiger partial charge in [-0.15, -0.1) is 23.1 Å². The zero-order valence-electron chi connectivity index (χ0n) is 15.8. The van der Waals surface area contributed by atoms with Gasteiger partial charge in [-0.1, -0.05) is 0 Å². The average Bonchev–Trinajstić information content (AvgIpc) is 3.41. The molecule has 0 fully saturated rings. The van der Waals surface area contributed by atoms with Crippen molar-refractivity contribution in [1.82, 2.24) is 15.0 Å². The van der Waals surface area contributed by atoms with E-state index in [1.54, 1.807) is 30.7 Å². The third-order valence-electron chi connectivity index (χ3n) is 4.15. The molecule has 4 aromatic rings. The Balaban J connectivity index is 1.62. The minimum Gasteiger partial charge on any atom is -0.461 e. The summed E-state index contributed by atoms with van der Waals surface area (Å²) in [6, 6.07) is 6.60. The fourth-order valence-corrected chi connectivity index (χ4v) is 4.11. The molecule has 0 aliphatic carbocycles. The number of halogens is 2. The molecule has 0 unspecified atom stereocenters. The zero-order valence-corrected chi connectivity index (χ0v) is 17.4. The SMILES string of the molecule is CSc1nc(-c2ccco2)nc(C)c1C(=O)Nc1nc(-c2cc(F)ccc2F)cs1. The van der Waals surface area contributed by atoms with Gasteiger partial charge in [0, 0.05) is 10.9 Å². The van der Waals surface area contributed by atoms with Crippen LogP contribution in [0, 0.1) is 18.6 Å². The summed E-state index contributed by atoms with van der Waals surface area (Å²) in [4.78, 5) is 25.9. The molecule has 152 valence electrons. The Labute approximate surface area is 178 Å². The van der Waals surface area contributed by atoms with Crippen molar-refractivity contribution in [1.29, 1.82) is 0 Å². The van der Waals surface area contributed by atoms with Gasteiger partial charge in [-0.2, -0.15) is 0 Å². The summed E-state index contributed by atoms with van der Waals surface area (Å²) in [5.74, 6) is -0.719. The first-order valence-electron chi connectivity index (χ1n) is 8.65. The number of thioether (sulfide) groups is 1. The molecule has 30 heavy (non-hydrogen) atoms. The molecule has 6 nitrogen and oxygen atoms in total. The Morgan fingerprint density at radius 1 is 1.20 bits per heavy atom. The highest BCUT2D eigenvalue weighted by atomic mass is 32.2. The van der Waals surface area contributed by atoms with Crippen LogP contribution < -0.4 is 5.32 Å². The number of anilines is 1. The minimum atomic E-state index is -0.595. The molecule has 0 saturated heterocycles. The molecule has 1 amide bonds. The number of amides is 1. The third-order valence-corrected chi connectivity index (χ3v) is 5.59. The summed E-state index contributed by atoms with van der Waals surface area (Å²) in [7, 11) is 0. The van der Waals surface area contributed by atoms with E-state index in [1.807, 2.05) is 0 Å². The van der Waals surface area contributed by atoms with Crippen LogP contribution in [-0.2, 0) is 0 Å². The highest BCUT2D eigenvalue weighted by Gasteiger charge is 2.21. The van der Waals surface area contributed by atoms with Crippen LogP contribution in [0.1, 0.15) is 16.1 Å². The maximum absolute atomic E-state index is 14.0. The van der Waals surface area contributed by atoms with E-state index in [4.69, 9.17) is 4.42 Å². The lowest BCUT2D eigenvalue weighted by atomic mass is 10.1. The van der Waals surface area contributed by atoms with Crippen molar-refractivity contribution >= 4 is 34.1 Å². The van der Waals surface area contributed by atoms with Gasteiger partial charge in [0.15, 0.2) is 16.7 Å². The Hall–Kier alpha value is -3.11. The normalized spacial score (nSPS) is 10.9. The number of nitrogens with one attached hydrogen (secondary N) is 1. The predicted octanol–water partition coefficient (Wildman–Crippen LogP) is 5.42. The lowest BCUT2D eigenvalue weighted by Gasteiger charge is -2.10. The summed E-state index contributed by atoms with van der Waals surface area (Å²) < 4.78 is 32.8. The summed E-state index contributed by atoms with van der Waals surface area (Å²) >= 11 is 2.41. The van der Waals surface area contributed by atoms with Crippen LogP contribution in [0.3, 0.4) is 0 Å². The molecular formula is C20H14F2N4O2S2. The average molecular weight is 444 g/mol. The number of benzene rings is 1. The quantitative estimate of drug-likeness (QED) is 0.327. The van der Waals surface area contributed by atoms with Gasteiger partial charge < -0.3 is 4.42 Å². The first-order chi connectivity index (χ1) is 14.5. The zero-order chi connectivity index (χ0) is 21.3. The van der Waals surface area contributed by atoms with Crippen LogP contribution in [-0.4, -0.2) is 27.1 Å². The third kappa shape index (κ3) is 3.96. The molecule has 0 aliphatic heterocycles. The number of aryl methyl sites for hydroxylation is 1. The minimum absolute atomic E-state index is 0.0267. The number of thiazole rings is 1. The number of rotatable bonds is 5. The van der Waals surface area contributed by atoms with Gasteiger partial charge in [0.25, 0.3) is 5.91 Å². The molecule has 4 rings (SSSR count). The van der Waals surface area contributed by atoms with Gasteiger partial charge in [0.05, 0.1) is 23.2 Å². The van der Waals surface area contributed by atoms with E-state index in [1.165, 1.54) is 18.0 Å². The second kappa shape index (κ2) is 8.33. The van der Waals surface area contributed by atoms with E-state index in [0.717, 1.165) is 29.5 Å². The number of aromatic nitrogens is 3. The predicted molar refractivity (Wildman–Crippen MR) is 112 cm³/mol. The van der Waals surface area contributed by atoms with Crippen molar-refractivity contribution in [3.05, 3.63) is 64.9 Å². The van der Waals surface area contributed by atoms with Crippen molar-refractivity contribution in [3.8, 4) is 22.8 Å². The van der Waals surface area contributed by atoms with Gasteiger partial charge in [0.1, 0.15) is 16.7 Å². The van der Waals surface area contributed by atoms with Crippen LogP contribution in [0.4, 0.5) is 13.9 Å². The van der Waals surface area contributed by atoms with Gasteiger partial charge in [-0.05, 0) is 43.5 Å². The van der Waals surface area contributed by atoms with Crippen molar-refractivity contribution in [2.45, 2.75) is 11.9 Å². The van der Waals surface area contributed by atoms with Crippen LogP contribution in [0.15, 0.2) is 51.4 Å². The highest BCUT2D eigenvalue weighted by molar-refractivity contribution is 7.98. The van der Waals surface area contributed by atoms with Crippen LogP contribution in [0.5, 0.6) is 0 Å². The Bertz CT molecular complexity index is 1230. The maximum atomic E-state index is 14.0. The van der Waals surface area contributed by atoms with E-state index >= 15 is 0 Å². The van der Waals surface area contributed by atoms with E-state index < -0.39 is 17.5 Å². The lowest BCUT2D eigenvalue weighted by molar-refractivity contribution is 0.102. The fourth-order valence-electron chi connectivity index (χ4n) is 2.78. The van der Waals surface area contributed by atoms with Crippen molar-refractivity contribution in [2.24, 2.45) is 0 Å². The van der Waals surface area contributed by atoms with E-state index in [2.05, 4.69) is 20.3 Å². The Kier molecular flexibility index (Phi) is 5.60. The number of furan rings is 1. The van der Waals surface area contributed by atoms with Crippen molar-refractivity contribution in [3.63, 3.8) is 0 Å². The van der Waals surface area contributed by atoms with Crippen molar-refractivity contribution < 1.29 is 18.0 Å². The number of carbonyl (C=O) groups excluding carboxylic acids is 1. The second-order valence-electron chi connectivity index (χ2n) is 6.11. The van der Waals surface area contributed by atoms with E-state index in [9.17, 15) is 13.6 Å². The maximum Gasteiger partial charge on any atom is 0.262 e. The standard InChI is InChI=1S/C20H14F2N4O2S2/c1-10-16(19(29-2)25-17(23-10)15-4-3-7-28-15)18(27)26-20-24-14(9-30-20)12-8-11(21)5-6-13(12)22/h3-9H,1-2H3,(H,24,26,27). The molecule has 0 spiro atoms. The summed E-state index contributed by atoms with van der Waals surface area (Å²) in [6.45, 7) is 1.71. The number of carbonyl (C=O) groups is 1. The Morgan fingerprint density at radius 3 is 2.77 bits per heavy atom. The monoisotopic (exact) mass is 444 g/mol. The molecule has 3 heterocycles. The first kappa shape index (κ1) is 20.2. The number of nitrogens with zero attached hydrogens (tertiary/aromatic N) is 3. The lowest BCUT2D eigenvalue weighted by Crippen LogP contribution is -2.16. The molecule has 10 heteroatoms. The summed E-state index contributed by atoms with van der Waals surface area (Å²) in [5.41, 5.74) is 1.05. The first-order valence-corrected chi connectivity index (χ1v) is 10.8. The fraction of sp³-hybridized carbons (Fsp3) is 0.100. The number of hydrogen-bond donors (Lipinski definition) is 1. The smallest absolute Gasteiger partial charge is 0.262 e. The van der Waals surface area contributed by atoms with E-state index in [-0.39, 0.29) is 16.4 Å². The summed E-state index contributed by atoms with van der Waals surface area (Å²) in [6.07, 6.45) is 3.33. The van der Waals surface area contributed by atoms with E-state index in [0.29, 0.717) is 27.9 Å². The van der Waals surface area contributed by atoms with Gasteiger partial charge in [0.2, 0.25) is 0 Å². The molecule has 3 aromatic heterocycles. The van der Waals surface area contributed by atoms with Gasteiger partial charge >= 0.3 is 0 Å². The molecule has 0 radical (unpaired) electrons. The van der Waals surface area contributed by atoms with Crippen molar-refractivity contribution in [2.75, 3.05) is 11.6 Å². The largest absolute Gasteiger partial charge is 0.461 e. The van der Waals surface area contributed by atoms with Gasteiger partial charge in [-0.3, -0.25) is 10.1 Å². The topological polar surface area (TPSA) is 80.9 Å². The molecule has 1 aromatic carbocycles. The molecule has 0 aliphatic rings.